The molecule has 0 atom stereocenters. The molecule has 0 spiro atoms. The summed E-state index contributed by atoms with van der Waals surface area (Å²) in [5.74, 6) is -1.23. The normalized spacial score (nSPS) is 9.44. The van der Waals surface area contributed by atoms with Gasteiger partial charge in [0.1, 0.15) is 0 Å². The first-order valence-electron chi connectivity index (χ1n) is 3.87. The SMILES string of the molecule is O=C([O-])CCNC(CO)(CO)CO.[Cl-].[NH4+].[NH4+]. The molecule has 12 N–H and O–H groups in total. The molecule has 0 saturated carbocycles. The number of rotatable bonds is 7. The smallest absolute Gasteiger partial charge is 0.0881 e. The molecule has 0 heterocycles. The van der Waals surface area contributed by atoms with Crippen LogP contribution >= 0.6 is 0 Å². The molecule has 8 nitrogen and oxygen atoms in total. The Hall–Kier alpha value is -0.480. The Kier molecular flexibility index (Phi) is 19.4. The van der Waals surface area contributed by atoms with Crippen LogP contribution in [0.4, 0.5) is 0 Å². The number of carbonyl (C=O) groups excluding carboxylic acids is 1. The summed E-state index contributed by atoms with van der Waals surface area (Å²) < 4.78 is 0. The lowest BCUT2D eigenvalue weighted by atomic mass is 10.0. The predicted molar refractivity (Wildman–Crippen MR) is 53.6 cm³/mol. The van der Waals surface area contributed by atoms with Crippen molar-refractivity contribution in [2.75, 3.05) is 26.4 Å². The molecular formula is C7H22ClN3O5. The first-order chi connectivity index (χ1) is 6.10. The molecule has 0 radical (unpaired) electrons. The summed E-state index contributed by atoms with van der Waals surface area (Å²) in [5, 5.41) is 38.9. The zero-order valence-corrected chi connectivity index (χ0v) is 10.3. The predicted octanol–water partition coefficient (Wildman–Crippen LogP) is -5.81. The maximum Gasteiger partial charge on any atom is 0.0881 e. The van der Waals surface area contributed by atoms with E-state index in [9.17, 15) is 9.90 Å². The second kappa shape index (κ2) is 12.6. The Morgan fingerprint density at radius 2 is 1.50 bits per heavy atom. The summed E-state index contributed by atoms with van der Waals surface area (Å²) >= 11 is 0. The van der Waals surface area contributed by atoms with Gasteiger partial charge in [-0.25, -0.2) is 0 Å². The Morgan fingerprint density at radius 1 is 1.12 bits per heavy atom. The number of nitrogens with one attached hydrogen (secondary N) is 1. The van der Waals surface area contributed by atoms with Gasteiger partial charge in [-0.3, -0.25) is 0 Å². The van der Waals surface area contributed by atoms with Crippen LogP contribution in [0.5, 0.6) is 0 Å². The van der Waals surface area contributed by atoms with Crippen molar-refractivity contribution in [3.05, 3.63) is 0 Å². The number of carboxylic acid groups (broad SMARTS) is 1. The number of hydrogen-bond acceptors (Lipinski definition) is 6. The summed E-state index contributed by atoms with van der Waals surface area (Å²) in [6.45, 7) is -1.36. The quantitative estimate of drug-likeness (QED) is 0.265. The van der Waals surface area contributed by atoms with E-state index in [1.165, 1.54) is 0 Å². The molecular weight excluding hydrogens is 242 g/mol. The molecule has 102 valence electrons. The average Bonchev–Trinajstić information content (AvgIpc) is 2.13. The van der Waals surface area contributed by atoms with E-state index in [1.54, 1.807) is 0 Å². The highest BCUT2D eigenvalue weighted by Crippen LogP contribution is 2.00. The van der Waals surface area contributed by atoms with Crippen LogP contribution in [0.2, 0.25) is 0 Å². The van der Waals surface area contributed by atoms with Gasteiger partial charge in [0.2, 0.25) is 0 Å². The third-order valence-electron chi connectivity index (χ3n) is 1.74. The lowest BCUT2D eigenvalue weighted by Gasteiger charge is -2.28. The molecule has 0 bridgehead atoms. The van der Waals surface area contributed by atoms with Gasteiger partial charge in [-0.05, 0) is 6.42 Å². The summed E-state index contributed by atoms with van der Waals surface area (Å²) in [7, 11) is 0. The maximum atomic E-state index is 10.0. The van der Waals surface area contributed by atoms with E-state index in [-0.39, 0.29) is 37.7 Å². The second-order valence-electron chi connectivity index (χ2n) is 2.80. The molecule has 0 fully saturated rings. The Labute approximate surface area is 100 Å². The molecule has 0 aromatic rings. The highest BCUT2D eigenvalue weighted by molar-refractivity contribution is 5.64. The fraction of sp³-hybridized carbons (Fsp3) is 0.857. The van der Waals surface area contributed by atoms with Crippen molar-refractivity contribution in [1.29, 1.82) is 0 Å². The van der Waals surface area contributed by atoms with Crippen molar-refractivity contribution >= 4 is 5.97 Å². The van der Waals surface area contributed by atoms with E-state index in [0.29, 0.717) is 0 Å². The van der Waals surface area contributed by atoms with Gasteiger partial charge in [0.05, 0.1) is 25.4 Å². The molecule has 16 heavy (non-hydrogen) atoms. The summed E-state index contributed by atoms with van der Waals surface area (Å²) in [6.07, 6.45) is -0.234. The van der Waals surface area contributed by atoms with Crippen molar-refractivity contribution in [2.45, 2.75) is 12.0 Å². The Balaban J connectivity index is -0.000000240. The lowest BCUT2D eigenvalue weighted by Crippen LogP contribution is -3.00. The molecule has 0 aliphatic heterocycles. The number of aliphatic hydroxyl groups excluding tert-OH is 3. The lowest BCUT2D eigenvalue weighted by molar-refractivity contribution is -0.305. The first-order valence-corrected chi connectivity index (χ1v) is 3.87. The number of quaternary nitrogens is 2. The number of hydrogen-bond donors (Lipinski definition) is 6. The van der Waals surface area contributed by atoms with Crippen LogP contribution in [0.1, 0.15) is 6.42 Å². The van der Waals surface area contributed by atoms with E-state index in [0.717, 1.165) is 0 Å². The van der Waals surface area contributed by atoms with Crippen molar-refractivity contribution in [2.24, 2.45) is 0 Å². The fourth-order valence-corrected chi connectivity index (χ4v) is 0.747. The standard InChI is InChI=1S/C7H15NO5.ClH.2H3N/c9-3-7(4-10,5-11)8-2-1-6(12)13;;;/h8-11H,1-5H2,(H,12,13);1H;2*1H3. The van der Waals surface area contributed by atoms with Gasteiger partial charge in [-0.2, -0.15) is 0 Å². The fourth-order valence-electron chi connectivity index (χ4n) is 0.747. The van der Waals surface area contributed by atoms with Gasteiger partial charge in [0.25, 0.3) is 0 Å². The zero-order valence-electron chi connectivity index (χ0n) is 9.57. The number of halogens is 1. The molecule has 0 aliphatic rings. The van der Waals surface area contributed by atoms with Crippen LogP contribution in [0, 0.1) is 0 Å². The van der Waals surface area contributed by atoms with Gasteiger partial charge in [0.15, 0.2) is 0 Å². The zero-order chi connectivity index (χ0) is 10.3. The largest absolute Gasteiger partial charge is 1.00 e. The van der Waals surface area contributed by atoms with E-state index >= 15 is 0 Å². The van der Waals surface area contributed by atoms with Crippen LogP contribution in [-0.4, -0.2) is 53.2 Å². The number of carboxylic acids is 1. The van der Waals surface area contributed by atoms with Gasteiger partial charge < -0.3 is 55.2 Å². The summed E-state index contributed by atoms with van der Waals surface area (Å²) in [4.78, 5) is 10.0. The molecule has 0 aromatic heterocycles. The monoisotopic (exact) mass is 263 g/mol. The van der Waals surface area contributed by atoms with Crippen LogP contribution in [-0.2, 0) is 4.79 Å². The van der Waals surface area contributed by atoms with Crippen molar-refractivity contribution in [3.63, 3.8) is 0 Å². The van der Waals surface area contributed by atoms with E-state index in [2.05, 4.69) is 5.32 Å². The topological polar surface area (TPSA) is 186 Å². The van der Waals surface area contributed by atoms with Crippen LogP contribution < -0.4 is 35.1 Å². The Morgan fingerprint density at radius 3 is 1.75 bits per heavy atom. The Bertz CT molecular complexity index is 160. The van der Waals surface area contributed by atoms with E-state index < -0.39 is 31.3 Å². The van der Waals surface area contributed by atoms with Crippen LogP contribution in [0.15, 0.2) is 0 Å². The molecule has 0 aromatic carbocycles. The van der Waals surface area contributed by atoms with Gasteiger partial charge >= 0.3 is 0 Å². The van der Waals surface area contributed by atoms with Gasteiger partial charge in [-0.15, -0.1) is 0 Å². The molecule has 0 amide bonds. The van der Waals surface area contributed by atoms with Crippen molar-refractivity contribution in [1.82, 2.24) is 17.6 Å². The average molecular weight is 264 g/mol. The third kappa shape index (κ3) is 8.80. The summed E-state index contributed by atoms with van der Waals surface area (Å²) in [6, 6.07) is 0. The van der Waals surface area contributed by atoms with Crippen LogP contribution in [0.3, 0.4) is 0 Å². The number of aliphatic carboxylic acids is 1. The minimum absolute atomic E-state index is 0. The minimum atomic E-state index is -1.23. The molecule has 0 rings (SSSR count). The first kappa shape index (κ1) is 24.7. The van der Waals surface area contributed by atoms with E-state index in [1.807, 2.05) is 0 Å². The van der Waals surface area contributed by atoms with Crippen molar-refractivity contribution < 1.29 is 37.6 Å². The second-order valence-corrected chi connectivity index (χ2v) is 2.80. The molecule has 0 saturated heterocycles. The minimum Gasteiger partial charge on any atom is -1.00 e. The highest BCUT2D eigenvalue weighted by atomic mass is 35.5. The highest BCUT2D eigenvalue weighted by Gasteiger charge is 2.26. The third-order valence-corrected chi connectivity index (χ3v) is 1.74. The molecule has 0 aliphatic carbocycles. The van der Waals surface area contributed by atoms with Crippen molar-refractivity contribution in [3.8, 4) is 0 Å². The molecule has 9 heteroatoms. The van der Waals surface area contributed by atoms with E-state index in [4.69, 9.17) is 15.3 Å². The van der Waals surface area contributed by atoms with Crippen LogP contribution in [0.25, 0.3) is 0 Å². The van der Waals surface area contributed by atoms with Gasteiger partial charge in [0, 0.05) is 12.5 Å². The number of carbonyl (C=O) groups is 1. The number of aliphatic hydroxyl groups is 3. The maximum absolute atomic E-state index is 10.0. The summed E-state index contributed by atoms with van der Waals surface area (Å²) in [5.41, 5.74) is -1.21. The molecule has 0 unspecified atom stereocenters. The van der Waals surface area contributed by atoms with Gasteiger partial charge in [-0.1, -0.05) is 0 Å².